The minimum absolute atomic E-state index is 0.0113. The molecular formula is C17H22N2O2. The number of carbonyl (C=O) groups excluding carboxylic acids is 2. The van der Waals surface area contributed by atoms with Crippen LogP contribution in [0.1, 0.15) is 37.0 Å². The standard InChI is InChI=1S/C17H22N2O2/c1-5-15(20)18-14-8-6-13(7-9-14)16(21)19(4)12(2)17(3)10-11-17/h5-9,12H,1,10-11H2,2-4H3,(H,18,20). The highest BCUT2D eigenvalue weighted by atomic mass is 16.2. The van der Waals surface area contributed by atoms with Gasteiger partial charge in [-0.05, 0) is 55.5 Å². The number of rotatable bonds is 5. The molecule has 0 bridgehead atoms. The Bertz CT molecular complexity index is 559. The Hall–Kier alpha value is -2.10. The maximum Gasteiger partial charge on any atom is 0.253 e. The predicted octanol–water partition coefficient (Wildman–Crippen LogP) is 3.07. The van der Waals surface area contributed by atoms with E-state index >= 15 is 0 Å². The number of amides is 2. The van der Waals surface area contributed by atoms with E-state index in [0.717, 1.165) is 0 Å². The van der Waals surface area contributed by atoms with E-state index in [9.17, 15) is 9.59 Å². The molecule has 2 rings (SSSR count). The molecule has 0 aromatic heterocycles. The lowest BCUT2D eigenvalue weighted by atomic mass is 9.99. The van der Waals surface area contributed by atoms with Crippen molar-refractivity contribution in [1.82, 2.24) is 4.90 Å². The first-order chi connectivity index (χ1) is 9.87. The van der Waals surface area contributed by atoms with Crippen molar-refractivity contribution in [3.8, 4) is 0 Å². The minimum atomic E-state index is -0.263. The van der Waals surface area contributed by atoms with Crippen LogP contribution >= 0.6 is 0 Å². The fraction of sp³-hybridized carbons (Fsp3) is 0.412. The van der Waals surface area contributed by atoms with Gasteiger partial charge in [0.1, 0.15) is 0 Å². The van der Waals surface area contributed by atoms with Gasteiger partial charge in [0.15, 0.2) is 0 Å². The van der Waals surface area contributed by atoms with Crippen LogP contribution < -0.4 is 5.32 Å². The van der Waals surface area contributed by atoms with Crippen molar-refractivity contribution >= 4 is 17.5 Å². The van der Waals surface area contributed by atoms with Crippen molar-refractivity contribution in [1.29, 1.82) is 0 Å². The number of carbonyl (C=O) groups is 2. The normalized spacial score (nSPS) is 16.7. The Labute approximate surface area is 125 Å². The quantitative estimate of drug-likeness (QED) is 0.846. The van der Waals surface area contributed by atoms with E-state index in [2.05, 4.69) is 25.7 Å². The van der Waals surface area contributed by atoms with E-state index in [1.54, 1.807) is 24.3 Å². The zero-order valence-corrected chi connectivity index (χ0v) is 12.8. The van der Waals surface area contributed by atoms with Gasteiger partial charge in [-0.15, -0.1) is 0 Å². The second-order valence-corrected chi connectivity index (χ2v) is 6.02. The van der Waals surface area contributed by atoms with Crippen molar-refractivity contribution in [2.75, 3.05) is 12.4 Å². The maximum atomic E-state index is 12.5. The average Bonchev–Trinajstić information content (AvgIpc) is 3.24. The molecule has 0 spiro atoms. The van der Waals surface area contributed by atoms with Gasteiger partial charge in [-0.2, -0.15) is 0 Å². The van der Waals surface area contributed by atoms with E-state index < -0.39 is 0 Å². The molecule has 21 heavy (non-hydrogen) atoms. The summed E-state index contributed by atoms with van der Waals surface area (Å²) in [6.45, 7) is 7.72. The zero-order valence-electron chi connectivity index (χ0n) is 12.8. The van der Waals surface area contributed by atoms with Crippen LogP contribution in [-0.2, 0) is 4.79 Å². The summed E-state index contributed by atoms with van der Waals surface area (Å²) >= 11 is 0. The lowest BCUT2D eigenvalue weighted by Crippen LogP contribution is -2.40. The second-order valence-electron chi connectivity index (χ2n) is 6.02. The molecule has 1 aromatic carbocycles. The number of hydrogen-bond donors (Lipinski definition) is 1. The third-order valence-electron chi connectivity index (χ3n) is 4.53. The van der Waals surface area contributed by atoms with Gasteiger partial charge in [0.25, 0.3) is 5.91 Å². The van der Waals surface area contributed by atoms with Crippen LogP contribution in [-0.4, -0.2) is 29.8 Å². The molecule has 0 aliphatic heterocycles. The average molecular weight is 286 g/mol. The molecule has 2 amide bonds. The van der Waals surface area contributed by atoms with Crippen LogP contribution in [0.3, 0.4) is 0 Å². The largest absolute Gasteiger partial charge is 0.338 e. The summed E-state index contributed by atoms with van der Waals surface area (Å²) < 4.78 is 0. The monoisotopic (exact) mass is 286 g/mol. The lowest BCUT2D eigenvalue weighted by molar-refractivity contribution is -0.111. The molecule has 4 heteroatoms. The summed E-state index contributed by atoms with van der Waals surface area (Å²) in [6.07, 6.45) is 3.57. The van der Waals surface area contributed by atoms with Crippen LogP contribution in [0.25, 0.3) is 0 Å². The zero-order chi connectivity index (χ0) is 15.6. The second kappa shape index (κ2) is 5.72. The minimum Gasteiger partial charge on any atom is -0.338 e. The summed E-state index contributed by atoms with van der Waals surface area (Å²) in [4.78, 5) is 25.5. The third kappa shape index (κ3) is 3.32. The number of anilines is 1. The summed E-state index contributed by atoms with van der Waals surface area (Å²) in [5.41, 5.74) is 1.55. The van der Waals surface area contributed by atoms with Crippen LogP contribution in [0, 0.1) is 5.41 Å². The number of benzene rings is 1. The highest BCUT2D eigenvalue weighted by Crippen LogP contribution is 2.49. The Morgan fingerprint density at radius 2 is 1.90 bits per heavy atom. The number of nitrogens with one attached hydrogen (secondary N) is 1. The number of hydrogen-bond acceptors (Lipinski definition) is 2. The van der Waals surface area contributed by atoms with Gasteiger partial charge in [-0.1, -0.05) is 13.5 Å². The molecule has 0 heterocycles. The molecular weight excluding hydrogens is 264 g/mol. The Morgan fingerprint density at radius 1 is 1.33 bits per heavy atom. The Balaban J connectivity index is 2.05. The smallest absolute Gasteiger partial charge is 0.253 e. The lowest BCUT2D eigenvalue weighted by Gasteiger charge is -2.30. The Morgan fingerprint density at radius 3 is 2.38 bits per heavy atom. The van der Waals surface area contributed by atoms with E-state index in [0.29, 0.717) is 11.3 Å². The fourth-order valence-corrected chi connectivity index (χ4v) is 2.35. The van der Waals surface area contributed by atoms with Gasteiger partial charge in [0.05, 0.1) is 0 Å². The van der Waals surface area contributed by atoms with Crippen LogP contribution in [0.5, 0.6) is 0 Å². The molecule has 1 unspecified atom stereocenters. The molecule has 1 aliphatic rings. The molecule has 112 valence electrons. The topological polar surface area (TPSA) is 49.4 Å². The van der Waals surface area contributed by atoms with Crippen molar-refractivity contribution in [3.05, 3.63) is 42.5 Å². The van der Waals surface area contributed by atoms with Crippen LogP contribution in [0.4, 0.5) is 5.69 Å². The molecule has 1 aliphatic carbocycles. The van der Waals surface area contributed by atoms with E-state index in [1.807, 2.05) is 11.9 Å². The highest BCUT2D eigenvalue weighted by Gasteiger charge is 2.45. The molecule has 1 N–H and O–H groups in total. The van der Waals surface area contributed by atoms with Gasteiger partial charge in [-0.3, -0.25) is 9.59 Å². The molecule has 1 saturated carbocycles. The summed E-state index contributed by atoms with van der Waals surface area (Å²) in [7, 11) is 1.85. The van der Waals surface area contributed by atoms with Gasteiger partial charge >= 0.3 is 0 Å². The first kappa shape index (κ1) is 15.3. The van der Waals surface area contributed by atoms with E-state index in [4.69, 9.17) is 0 Å². The first-order valence-electron chi connectivity index (χ1n) is 7.18. The molecule has 0 radical (unpaired) electrons. The van der Waals surface area contributed by atoms with Gasteiger partial charge < -0.3 is 10.2 Å². The Kier molecular flexibility index (Phi) is 4.16. The molecule has 1 fully saturated rings. The SMILES string of the molecule is C=CC(=O)Nc1ccc(C(=O)N(C)C(C)C2(C)CC2)cc1. The third-order valence-corrected chi connectivity index (χ3v) is 4.53. The summed E-state index contributed by atoms with van der Waals surface area (Å²) in [5.74, 6) is -0.251. The molecule has 1 aromatic rings. The van der Waals surface area contributed by atoms with Gasteiger partial charge in [0.2, 0.25) is 5.91 Å². The predicted molar refractivity (Wildman–Crippen MR) is 84.2 cm³/mol. The summed E-state index contributed by atoms with van der Waals surface area (Å²) in [6, 6.07) is 7.15. The van der Waals surface area contributed by atoms with Crippen LogP contribution in [0.15, 0.2) is 36.9 Å². The fourth-order valence-electron chi connectivity index (χ4n) is 2.35. The van der Waals surface area contributed by atoms with Crippen LogP contribution in [0.2, 0.25) is 0 Å². The number of nitrogens with zero attached hydrogens (tertiary/aromatic N) is 1. The summed E-state index contributed by atoms with van der Waals surface area (Å²) in [5, 5.41) is 2.66. The first-order valence-corrected chi connectivity index (χ1v) is 7.18. The van der Waals surface area contributed by atoms with Gasteiger partial charge in [0, 0.05) is 24.3 Å². The van der Waals surface area contributed by atoms with E-state index in [1.165, 1.54) is 18.9 Å². The maximum absolute atomic E-state index is 12.5. The van der Waals surface area contributed by atoms with E-state index in [-0.39, 0.29) is 23.3 Å². The highest BCUT2D eigenvalue weighted by molar-refractivity contribution is 5.99. The van der Waals surface area contributed by atoms with Crippen molar-refractivity contribution in [2.45, 2.75) is 32.7 Å². The van der Waals surface area contributed by atoms with Gasteiger partial charge in [-0.25, -0.2) is 0 Å². The van der Waals surface area contributed by atoms with Crippen molar-refractivity contribution < 1.29 is 9.59 Å². The molecule has 1 atom stereocenters. The van der Waals surface area contributed by atoms with Crippen molar-refractivity contribution in [2.24, 2.45) is 5.41 Å². The van der Waals surface area contributed by atoms with Crippen molar-refractivity contribution in [3.63, 3.8) is 0 Å². The molecule has 0 saturated heterocycles. The molecule has 4 nitrogen and oxygen atoms in total.